The zero-order valence-electron chi connectivity index (χ0n) is 16.4. The van der Waals surface area contributed by atoms with Gasteiger partial charge in [-0.3, -0.25) is 24.6 Å². The van der Waals surface area contributed by atoms with Crippen LogP contribution in [-0.4, -0.2) is 53.2 Å². The third-order valence-corrected chi connectivity index (χ3v) is 6.39. The topological polar surface area (TPSA) is 95.7 Å². The SMILES string of the molecule is CC1(CN)CCCN(Cc2cccc3c2C(=O)N(C2CCC(=O)NC2=O)C3)C1. The Morgan fingerprint density at radius 1 is 1.29 bits per heavy atom. The molecule has 4 rings (SSSR count). The van der Waals surface area contributed by atoms with Crippen molar-refractivity contribution in [2.45, 2.75) is 51.7 Å². The number of rotatable bonds is 4. The Labute approximate surface area is 165 Å². The Morgan fingerprint density at radius 3 is 2.86 bits per heavy atom. The van der Waals surface area contributed by atoms with Gasteiger partial charge in [-0.25, -0.2) is 0 Å². The van der Waals surface area contributed by atoms with E-state index in [0.717, 1.165) is 42.6 Å². The molecule has 3 amide bonds. The first kappa shape index (κ1) is 19.1. The summed E-state index contributed by atoms with van der Waals surface area (Å²) in [5.74, 6) is -0.730. The first-order chi connectivity index (χ1) is 13.4. The quantitative estimate of drug-likeness (QED) is 0.756. The smallest absolute Gasteiger partial charge is 0.255 e. The maximum Gasteiger partial charge on any atom is 0.255 e. The molecule has 0 aliphatic carbocycles. The van der Waals surface area contributed by atoms with Crippen LogP contribution in [0.25, 0.3) is 0 Å². The number of carbonyl (C=O) groups is 3. The number of nitrogens with zero attached hydrogens (tertiary/aromatic N) is 2. The third-order valence-electron chi connectivity index (χ3n) is 6.39. The van der Waals surface area contributed by atoms with Gasteiger partial charge in [0.15, 0.2) is 0 Å². The highest BCUT2D eigenvalue weighted by Crippen LogP contribution is 2.33. The molecular weight excluding hydrogens is 356 g/mol. The highest BCUT2D eigenvalue weighted by Gasteiger charge is 2.40. The Bertz CT molecular complexity index is 824. The molecule has 3 heterocycles. The number of fused-ring (bicyclic) bond motifs is 1. The van der Waals surface area contributed by atoms with Gasteiger partial charge in [-0.2, -0.15) is 0 Å². The van der Waals surface area contributed by atoms with E-state index in [4.69, 9.17) is 5.73 Å². The van der Waals surface area contributed by atoms with Crippen molar-refractivity contribution in [2.24, 2.45) is 11.1 Å². The molecule has 7 heteroatoms. The molecule has 2 saturated heterocycles. The average Bonchev–Trinajstić information content (AvgIpc) is 2.99. The summed E-state index contributed by atoms with van der Waals surface area (Å²) in [6, 6.07) is 5.39. The number of piperidine rings is 2. The van der Waals surface area contributed by atoms with Crippen LogP contribution in [0.1, 0.15) is 54.1 Å². The molecule has 0 radical (unpaired) electrons. The Balaban J connectivity index is 1.54. The fourth-order valence-corrected chi connectivity index (χ4v) is 4.79. The molecular formula is C21H28N4O3. The van der Waals surface area contributed by atoms with Crippen molar-refractivity contribution in [1.82, 2.24) is 15.1 Å². The maximum absolute atomic E-state index is 13.2. The molecule has 0 spiro atoms. The standard InChI is InChI=1S/C21H28N4O3/c1-21(12-22)8-3-9-24(13-21)10-14-4-2-5-15-11-25(20(28)18(14)15)16-6-7-17(26)23-19(16)27/h2,4-5,16H,3,6-13,22H2,1H3,(H,23,26,27). The highest BCUT2D eigenvalue weighted by atomic mass is 16.2. The molecule has 2 unspecified atom stereocenters. The van der Waals surface area contributed by atoms with Gasteiger partial charge in [0.2, 0.25) is 11.8 Å². The van der Waals surface area contributed by atoms with E-state index in [1.807, 2.05) is 18.2 Å². The van der Waals surface area contributed by atoms with Crippen LogP contribution in [-0.2, 0) is 22.7 Å². The van der Waals surface area contributed by atoms with Crippen molar-refractivity contribution >= 4 is 17.7 Å². The molecule has 0 aromatic heterocycles. The molecule has 3 N–H and O–H groups in total. The van der Waals surface area contributed by atoms with Crippen LogP contribution < -0.4 is 11.1 Å². The molecule has 1 aromatic rings. The maximum atomic E-state index is 13.2. The van der Waals surface area contributed by atoms with Crippen LogP contribution in [0.4, 0.5) is 0 Å². The Morgan fingerprint density at radius 2 is 2.11 bits per heavy atom. The number of nitrogens with two attached hydrogens (primary N) is 1. The number of nitrogens with one attached hydrogen (secondary N) is 1. The van der Waals surface area contributed by atoms with E-state index >= 15 is 0 Å². The predicted octanol–water partition coefficient (Wildman–Crippen LogP) is 1.01. The van der Waals surface area contributed by atoms with E-state index in [1.165, 1.54) is 0 Å². The molecule has 2 fully saturated rings. The van der Waals surface area contributed by atoms with E-state index in [-0.39, 0.29) is 29.6 Å². The number of imide groups is 1. The lowest BCUT2D eigenvalue weighted by atomic mass is 9.82. The van der Waals surface area contributed by atoms with Crippen molar-refractivity contribution in [2.75, 3.05) is 19.6 Å². The zero-order valence-corrected chi connectivity index (χ0v) is 16.4. The van der Waals surface area contributed by atoms with E-state index < -0.39 is 6.04 Å². The van der Waals surface area contributed by atoms with Gasteiger partial charge in [-0.15, -0.1) is 0 Å². The molecule has 7 nitrogen and oxygen atoms in total. The molecule has 3 aliphatic rings. The van der Waals surface area contributed by atoms with Crippen LogP contribution in [0.3, 0.4) is 0 Å². The van der Waals surface area contributed by atoms with Gasteiger partial charge in [0.1, 0.15) is 6.04 Å². The lowest BCUT2D eigenvalue weighted by Gasteiger charge is -2.40. The second-order valence-corrected chi connectivity index (χ2v) is 8.68. The molecule has 2 atom stereocenters. The van der Waals surface area contributed by atoms with Gasteiger partial charge in [0, 0.05) is 31.6 Å². The summed E-state index contributed by atoms with van der Waals surface area (Å²) >= 11 is 0. The summed E-state index contributed by atoms with van der Waals surface area (Å²) < 4.78 is 0. The molecule has 28 heavy (non-hydrogen) atoms. The van der Waals surface area contributed by atoms with Crippen molar-refractivity contribution in [3.8, 4) is 0 Å². The van der Waals surface area contributed by atoms with Crippen molar-refractivity contribution in [3.05, 3.63) is 34.9 Å². The summed E-state index contributed by atoms with van der Waals surface area (Å²) in [5, 5.41) is 2.36. The van der Waals surface area contributed by atoms with Gasteiger partial charge in [-0.1, -0.05) is 25.1 Å². The van der Waals surface area contributed by atoms with E-state index in [0.29, 0.717) is 26.1 Å². The number of benzene rings is 1. The van der Waals surface area contributed by atoms with E-state index in [9.17, 15) is 14.4 Å². The zero-order chi connectivity index (χ0) is 19.9. The first-order valence-corrected chi connectivity index (χ1v) is 10.1. The summed E-state index contributed by atoms with van der Waals surface area (Å²) in [6.45, 7) is 5.97. The van der Waals surface area contributed by atoms with Gasteiger partial charge >= 0.3 is 0 Å². The number of hydrogen-bond donors (Lipinski definition) is 2. The van der Waals surface area contributed by atoms with E-state index in [2.05, 4.69) is 17.1 Å². The van der Waals surface area contributed by atoms with Crippen LogP contribution in [0.2, 0.25) is 0 Å². The second-order valence-electron chi connectivity index (χ2n) is 8.68. The van der Waals surface area contributed by atoms with Crippen LogP contribution >= 0.6 is 0 Å². The summed E-state index contributed by atoms with van der Waals surface area (Å²) in [7, 11) is 0. The average molecular weight is 384 g/mol. The lowest BCUT2D eigenvalue weighted by molar-refractivity contribution is -0.136. The molecule has 0 bridgehead atoms. The van der Waals surface area contributed by atoms with Crippen LogP contribution in [0.15, 0.2) is 18.2 Å². The van der Waals surface area contributed by atoms with Gasteiger partial charge < -0.3 is 10.6 Å². The number of likely N-dealkylation sites (tertiary alicyclic amines) is 1. The second kappa shape index (κ2) is 7.29. The van der Waals surface area contributed by atoms with Crippen molar-refractivity contribution in [3.63, 3.8) is 0 Å². The largest absolute Gasteiger partial charge is 0.330 e. The Hall–Kier alpha value is -2.25. The van der Waals surface area contributed by atoms with Gasteiger partial charge in [0.05, 0.1) is 0 Å². The van der Waals surface area contributed by atoms with Gasteiger partial charge in [-0.05, 0) is 48.9 Å². The summed E-state index contributed by atoms with van der Waals surface area (Å²) in [6.07, 6.45) is 2.91. The minimum Gasteiger partial charge on any atom is -0.330 e. The normalized spacial score (nSPS) is 28.4. The minimum atomic E-state index is -0.569. The van der Waals surface area contributed by atoms with Crippen molar-refractivity contribution in [1.29, 1.82) is 0 Å². The molecule has 0 saturated carbocycles. The van der Waals surface area contributed by atoms with Gasteiger partial charge in [0.25, 0.3) is 5.91 Å². The molecule has 1 aromatic carbocycles. The molecule has 3 aliphatic heterocycles. The number of amides is 3. The lowest BCUT2D eigenvalue weighted by Crippen LogP contribution is -2.52. The fraction of sp³-hybridized carbons (Fsp3) is 0.571. The van der Waals surface area contributed by atoms with Crippen LogP contribution in [0.5, 0.6) is 0 Å². The summed E-state index contributed by atoms with van der Waals surface area (Å²) in [4.78, 5) is 40.9. The predicted molar refractivity (Wildman–Crippen MR) is 104 cm³/mol. The Kier molecular flexibility index (Phi) is 4.97. The number of carbonyl (C=O) groups excluding carboxylic acids is 3. The number of hydrogen-bond acceptors (Lipinski definition) is 5. The first-order valence-electron chi connectivity index (χ1n) is 10.1. The van der Waals surface area contributed by atoms with Crippen molar-refractivity contribution < 1.29 is 14.4 Å². The minimum absolute atomic E-state index is 0.0984. The third kappa shape index (κ3) is 3.44. The van der Waals surface area contributed by atoms with E-state index in [1.54, 1.807) is 4.90 Å². The monoisotopic (exact) mass is 384 g/mol. The van der Waals surface area contributed by atoms with Crippen LogP contribution in [0, 0.1) is 5.41 Å². The molecule has 150 valence electrons. The highest BCUT2D eigenvalue weighted by molar-refractivity contribution is 6.05. The summed E-state index contributed by atoms with van der Waals surface area (Å²) in [5.41, 5.74) is 8.81. The fourth-order valence-electron chi connectivity index (χ4n) is 4.79.